The van der Waals surface area contributed by atoms with E-state index in [-0.39, 0.29) is 0 Å². The molecular weight excluding hydrogens is 360 g/mol. The highest BCUT2D eigenvalue weighted by atomic mass is 14.0. The Bertz CT molecular complexity index is 858. The molecular formula is C30H36. The minimum atomic E-state index is 1.05. The second kappa shape index (κ2) is 15.2. The molecule has 2 rings (SSSR count). The molecule has 2 aromatic rings. The zero-order chi connectivity index (χ0) is 21.3. The Balaban J connectivity index is 1.75. The van der Waals surface area contributed by atoms with Crippen LogP contribution in [0.15, 0.2) is 60.7 Å². The van der Waals surface area contributed by atoms with E-state index in [2.05, 4.69) is 86.1 Å². The topological polar surface area (TPSA) is 0 Å². The Morgan fingerprint density at radius 1 is 0.533 bits per heavy atom. The fourth-order valence-electron chi connectivity index (χ4n) is 3.35. The van der Waals surface area contributed by atoms with E-state index in [1.807, 2.05) is 12.2 Å². The van der Waals surface area contributed by atoms with Crippen molar-refractivity contribution in [3.8, 4) is 23.7 Å². The van der Waals surface area contributed by atoms with Crippen LogP contribution in [0.5, 0.6) is 0 Å². The molecule has 0 aromatic heterocycles. The van der Waals surface area contributed by atoms with Crippen LogP contribution in [0.1, 0.15) is 87.5 Å². The quantitative estimate of drug-likeness (QED) is 0.283. The molecule has 0 heteroatoms. The van der Waals surface area contributed by atoms with Crippen molar-refractivity contribution >= 4 is 0 Å². The van der Waals surface area contributed by atoms with Crippen molar-refractivity contribution < 1.29 is 0 Å². The van der Waals surface area contributed by atoms with E-state index < -0.39 is 0 Å². The van der Waals surface area contributed by atoms with Crippen LogP contribution in [0.3, 0.4) is 0 Å². The molecule has 0 N–H and O–H groups in total. The van der Waals surface area contributed by atoms with Gasteiger partial charge in [0, 0.05) is 11.1 Å². The molecule has 0 nitrogen and oxygen atoms in total. The predicted molar refractivity (Wildman–Crippen MR) is 131 cm³/mol. The zero-order valence-electron chi connectivity index (χ0n) is 18.8. The third-order valence-corrected chi connectivity index (χ3v) is 5.23. The van der Waals surface area contributed by atoms with Crippen molar-refractivity contribution in [3.63, 3.8) is 0 Å². The maximum absolute atomic E-state index is 3.18. The largest absolute Gasteiger partial charge is 0.0689 e. The normalized spacial score (nSPS) is 10.3. The lowest BCUT2D eigenvalue weighted by molar-refractivity contribution is 0.632. The van der Waals surface area contributed by atoms with Gasteiger partial charge in [0.2, 0.25) is 0 Å². The van der Waals surface area contributed by atoms with Gasteiger partial charge in [0.1, 0.15) is 0 Å². The van der Waals surface area contributed by atoms with Crippen molar-refractivity contribution in [2.24, 2.45) is 0 Å². The van der Waals surface area contributed by atoms with Gasteiger partial charge in [-0.2, -0.15) is 0 Å². The predicted octanol–water partition coefficient (Wildman–Crippen LogP) is 7.89. The molecule has 30 heavy (non-hydrogen) atoms. The Hall–Kier alpha value is -2.70. The van der Waals surface area contributed by atoms with Gasteiger partial charge in [-0.1, -0.05) is 100 Å². The summed E-state index contributed by atoms with van der Waals surface area (Å²) >= 11 is 0. The van der Waals surface area contributed by atoms with Gasteiger partial charge in [-0.25, -0.2) is 0 Å². The molecule has 156 valence electrons. The molecule has 0 saturated heterocycles. The van der Waals surface area contributed by atoms with Gasteiger partial charge < -0.3 is 0 Å². The molecule has 0 amide bonds. The third-order valence-electron chi connectivity index (χ3n) is 5.23. The zero-order valence-corrected chi connectivity index (χ0v) is 18.8. The van der Waals surface area contributed by atoms with Gasteiger partial charge in [0.25, 0.3) is 0 Å². The molecule has 0 saturated carbocycles. The number of rotatable bonds is 10. The second-order valence-corrected chi connectivity index (χ2v) is 7.89. The Morgan fingerprint density at radius 3 is 1.40 bits per heavy atom. The lowest BCUT2D eigenvalue weighted by Gasteiger charge is -2.01. The maximum atomic E-state index is 3.18. The van der Waals surface area contributed by atoms with Crippen LogP contribution in [-0.4, -0.2) is 0 Å². The highest BCUT2D eigenvalue weighted by molar-refractivity contribution is 5.42. The van der Waals surface area contributed by atoms with Crippen LogP contribution < -0.4 is 0 Å². The molecule has 0 aliphatic carbocycles. The first-order valence-electron chi connectivity index (χ1n) is 11.7. The molecule has 0 fully saturated rings. The highest BCUT2D eigenvalue weighted by Crippen LogP contribution is 2.10. The van der Waals surface area contributed by atoms with Crippen LogP contribution in [0.25, 0.3) is 0 Å². The Kier molecular flexibility index (Phi) is 11.9. The average Bonchev–Trinajstić information content (AvgIpc) is 2.78. The van der Waals surface area contributed by atoms with Gasteiger partial charge >= 0.3 is 0 Å². The Morgan fingerprint density at radius 2 is 0.933 bits per heavy atom. The summed E-state index contributed by atoms with van der Waals surface area (Å²) in [5, 5.41) is 0. The fourth-order valence-corrected chi connectivity index (χ4v) is 3.35. The van der Waals surface area contributed by atoms with Crippen LogP contribution >= 0.6 is 0 Å². The first-order valence-corrected chi connectivity index (χ1v) is 11.7. The number of allylic oxidation sites excluding steroid dienone is 2. The van der Waals surface area contributed by atoms with Crippen LogP contribution in [0.4, 0.5) is 0 Å². The van der Waals surface area contributed by atoms with E-state index in [9.17, 15) is 0 Å². The summed E-state index contributed by atoms with van der Waals surface area (Å²) in [6.07, 6.45) is 16.5. The van der Waals surface area contributed by atoms with Crippen LogP contribution in [-0.2, 0) is 12.8 Å². The fraction of sp³-hybridized carbons (Fsp3) is 0.400. The average molecular weight is 397 g/mol. The minimum Gasteiger partial charge on any atom is -0.0689 e. The smallest absolute Gasteiger partial charge is 0.0249 e. The summed E-state index contributed by atoms with van der Waals surface area (Å²) in [7, 11) is 0. The van der Waals surface area contributed by atoms with Gasteiger partial charge in [-0.05, 0) is 73.2 Å². The molecule has 0 spiro atoms. The van der Waals surface area contributed by atoms with Crippen molar-refractivity contribution in [3.05, 3.63) is 82.9 Å². The number of hydrogen-bond acceptors (Lipinski definition) is 0. The number of hydrogen-bond donors (Lipinski definition) is 0. The van der Waals surface area contributed by atoms with Crippen molar-refractivity contribution in [2.45, 2.75) is 78.1 Å². The number of aryl methyl sites for hydroxylation is 2. The SMILES string of the molecule is CCCCCCCc1ccc(C#CC=CC#Cc2ccc(CCCCC)cc2)cc1. The summed E-state index contributed by atoms with van der Waals surface area (Å²) in [6.45, 7) is 4.50. The summed E-state index contributed by atoms with van der Waals surface area (Å²) in [4.78, 5) is 0. The second-order valence-electron chi connectivity index (χ2n) is 7.89. The molecule has 0 unspecified atom stereocenters. The van der Waals surface area contributed by atoms with E-state index >= 15 is 0 Å². The van der Waals surface area contributed by atoms with Gasteiger partial charge in [-0.15, -0.1) is 0 Å². The number of unbranched alkanes of at least 4 members (excludes halogenated alkanes) is 6. The Labute approximate surface area is 184 Å². The van der Waals surface area contributed by atoms with Crippen LogP contribution in [0, 0.1) is 23.7 Å². The van der Waals surface area contributed by atoms with Gasteiger partial charge in [-0.3, -0.25) is 0 Å². The standard InChI is InChI=1S/C30H36/c1-3-5-7-8-12-16-28-23-25-30(26-24-28)18-14-10-9-13-17-29-21-19-27(20-22-29)15-11-6-4-2/h9-10,19-26H,3-8,11-12,15-16H2,1-2H3. The number of benzene rings is 2. The molecule has 0 radical (unpaired) electrons. The van der Waals surface area contributed by atoms with E-state index in [1.165, 1.54) is 68.9 Å². The molecule has 0 atom stereocenters. The van der Waals surface area contributed by atoms with E-state index in [4.69, 9.17) is 0 Å². The molecule has 2 aromatic carbocycles. The van der Waals surface area contributed by atoms with E-state index in [0.29, 0.717) is 0 Å². The summed E-state index contributed by atoms with van der Waals surface area (Å²) < 4.78 is 0. The highest BCUT2D eigenvalue weighted by Gasteiger charge is 1.95. The lowest BCUT2D eigenvalue weighted by atomic mass is 10.0. The first kappa shape index (κ1) is 23.6. The van der Waals surface area contributed by atoms with E-state index in [0.717, 1.165) is 17.5 Å². The summed E-state index contributed by atoms with van der Waals surface area (Å²) in [5.41, 5.74) is 4.92. The monoisotopic (exact) mass is 396 g/mol. The maximum Gasteiger partial charge on any atom is 0.0249 e. The third kappa shape index (κ3) is 10.2. The lowest BCUT2D eigenvalue weighted by Crippen LogP contribution is -1.86. The van der Waals surface area contributed by atoms with Crippen molar-refractivity contribution in [1.29, 1.82) is 0 Å². The molecule has 0 heterocycles. The van der Waals surface area contributed by atoms with E-state index in [1.54, 1.807) is 0 Å². The molecule has 0 aliphatic heterocycles. The summed E-state index contributed by atoms with van der Waals surface area (Å²) in [5.74, 6) is 12.5. The summed E-state index contributed by atoms with van der Waals surface area (Å²) in [6, 6.07) is 17.3. The minimum absolute atomic E-state index is 1.05. The van der Waals surface area contributed by atoms with Crippen molar-refractivity contribution in [1.82, 2.24) is 0 Å². The van der Waals surface area contributed by atoms with Crippen LogP contribution in [0.2, 0.25) is 0 Å². The van der Waals surface area contributed by atoms with Gasteiger partial charge in [0.05, 0.1) is 0 Å². The van der Waals surface area contributed by atoms with Gasteiger partial charge in [0.15, 0.2) is 0 Å². The first-order chi connectivity index (χ1) is 14.8. The van der Waals surface area contributed by atoms with Crippen molar-refractivity contribution in [2.75, 3.05) is 0 Å². The molecule has 0 aliphatic rings. The molecule has 0 bridgehead atoms.